The van der Waals surface area contributed by atoms with E-state index in [2.05, 4.69) is 10.6 Å². The van der Waals surface area contributed by atoms with E-state index in [1.54, 1.807) is 60.7 Å². The van der Waals surface area contributed by atoms with Gasteiger partial charge in [0.1, 0.15) is 0 Å². The Balaban J connectivity index is -0.000000320. The summed E-state index contributed by atoms with van der Waals surface area (Å²) in [7, 11) is 0. The predicted molar refractivity (Wildman–Crippen MR) is 158 cm³/mol. The Morgan fingerprint density at radius 3 is 1.05 bits per heavy atom. The zero-order valence-corrected chi connectivity index (χ0v) is 25.0. The number of benzene rings is 4. The van der Waals surface area contributed by atoms with Crippen LogP contribution in [0.2, 0.25) is 0 Å². The molecule has 0 bridgehead atoms. The van der Waals surface area contributed by atoms with Crippen LogP contribution in [0.3, 0.4) is 0 Å². The molecule has 0 aliphatic rings. The van der Waals surface area contributed by atoms with Crippen LogP contribution in [0.15, 0.2) is 97.1 Å². The zero-order chi connectivity index (χ0) is 27.7. The van der Waals surface area contributed by atoms with Gasteiger partial charge in [-0.05, 0) is 60.7 Å². The van der Waals surface area contributed by atoms with Crippen LogP contribution in [-0.4, -0.2) is 99.1 Å². The number of carboxylic acid groups (broad SMARTS) is 2. The van der Waals surface area contributed by atoms with Crippen molar-refractivity contribution in [3.63, 3.8) is 0 Å². The molecule has 15 nitrogen and oxygen atoms in total. The van der Waals surface area contributed by atoms with Crippen LogP contribution in [0.1, 0.15) is 41.4 Å². The van der Waals surface area contributed by atoms with Crippen molar-refractivity contribution in [1.29, 1.82) is 0 Å². The molecule has 0 radical (unpaired) electrons. The van der Waals surface area contributed by atoms with E-state index in [4.69, 9.17) is 10.2 Å². The SMILES string of the molecule is O.O.O.O.O.O=C(Nc1ccc(C(=O)O)c([O-])c1)c1ccccc1.O=C(Nc1ccc(C(=O)O)c([O-])c1)c1ccccc1.[Ca+2]. The maximum atomic E-state index is 11.8. The van der Waals surface area contributed by atoms with Gasteiger partial charge in [-0.3, -0.25) is 9.59 Å². The van der Waals surface area contributed by atoms with Crippen molar-refractivity contribution in [2.75, 3.05) is 10.6 Å². The molecule has 0 aromatic heterocycles. The minimum Gasteiger partial charge on any atom is -0.872 e. The van der Waals surface area contributed by atoms with Gasteiger partial charge < -0.3 is 58.4 Å². The fourth-order valence-corrected chi connectivity index (χ4v) is 3.14. The van der Waals surface area contributed by atoms with Crippen molar-refractivity contribution >= 4 is 72.9 Å². The summed E-state index contributed by atoms with van der Waals surface area (Å²) in [5, 5.41) is 45.5. The molecule has 0 unspecified atom stereocenters. The van der Waals surface area contributed by atoms with Crippen LogP contribution >= 0.6 is 0 Å². The number of rotatable bonds is 6. The summed E-state index contributed by atoms with van der Waals surface area (Å²) < 4.78 is 0. The van der Waals surface area contributed by atoms with Gasteiger partial charge in [0.15, 0.2) is 0 Å². The molecule has 4 rings (SSSR count). The summed E-state index contributed by atoms with van der Waals surface area (Å²) in [5.74, 6) is -4.57. The monoisotopic (exact) mass is 642 g/mol. The minimum absolute atomic E-state index is 0. The summed E-state index contributed by atoms with van der Waals surface area (Å²) >= 11 is 0. The van der Waals surface area contributed by atoms with Crippen molar-refractivity contribution in [3.8, 4) is 11.5 Å². The normalized spacial score (nSPS) is 8.55. The average Bonchev–Trinajstić information content (AvgIpc) is 2.90. The summed E-state index contributed by atoms with van der Waals surface area (Å²) in [6.07, 6.45) is 0. The molecule has 14 N–H and O–H groups in total. The molecule has 0 spiro atoms. The van der Waals surface area contributed by atoms with Crippen LogP contribution in [0, 0.1) is 0 Å². The molecule has 4 aromatic rings. The summed E-state index contributed by atoms with van der Waals surface area (Å²) in [4.78, 5) is 45.0. The van der Waals surface area contributed by atoms with E-state index >= 15 is 0 Å². The molecule has 16 heteroatoms. The van der Waals surface area contributed by atoms with Crippen LogP contribution < -0.4 is 20.8 Å². The molecule has 0 atom stereocenters. The van der Waals surface area contributed by atoms with Gasteiger partial charge in [0.2, 0.25) is 0 Å². The second-order valence-electron chi connectivity index (χ2n) is 7.67. The van der Waals surface area contributed by atoms with E-state index in [1.165, 1.54) is 24.3 Å². The molecule has 0 aliphatic carbocycles. The number of nitrogens with one attached hydrogen (secondary N) is 2. The van der Waals surface area contributed by atoms with Crippen LogP contribution in [0.4, 0.5) is 11.4 Å². The van der Waals surface area contributed by atoms with E-state index in [0.29, 0.717) is 11.1 Å². The Kier molecular flexibility index (Phi) is 23.2. The van der Waals surface area contributed by atoms with Crippen molar-refractivity contribution < 1.29 is 67.0 Å². The third-order valence-corrected chi connectivity index (χ3v) is 5.01. The topological polar surface area (TPSA) is 336 Å². The van der Waals surface area contributed by atoms with Crippen LogP contribution in [0.25, 0.3) is 0 Å². The smallest absolute Gasteiger partial charge is 0.872 e. The molecule has 4 aromatic carbocycles. The quantitative estimate of drug-likeness (QED) is 0.187. The molecule has 2 amide bonds. The van der Waals surface area contributed by atoms with Gasteiger partial charge in [-0.15, -0.1) is 0 Å². The fraction of sp³-hybridized carbons (Fsp3) is 0. The fourth-order valence-electron chi connectivity index (χ4n) is 3.14. The minimum atomic E-state index is -1.29. The van der Waals surface area contributed by atoms with Gasteiger partial charge in [-0.25, -0.2) is 9.59 Å². The first-order valence-electron chi connectivity index (χ1n) is 11.0. The Bertz CT molecular complexity index is 1370. The summed E-state index contributed by atoms with van der Waals surface area (Å²) in [5.41, 5.74) is 0.803. The van der Waals surface area contributed by atoms with Crippen LogP contribution in [-0.2, 0) is 0 Å². The third kappa shape index (κ3) is 13.2. The van der Waals surface area contributed by atoms with E-state index in [1.807, 2.05) is 0 Å². The second-order valence-corrected chi connectivity index (χ2v) is 7.67. The van der Waals surface area contributed by atoms with Crippen molar-refractivity contribution in [2.24, 2.45) is 0 Å². The summed E-state index contributed by atoms with van der Waals surface area (Å²) in [6.45, 7) is 0. The van der Waals surface area contributed by atoms with Crippen molar-refractivity contribution in [1.82, 2.24) is 0 Å². The molecule has 0 heterocycles. The summed E-state index contributed by atoms with van der Waals surface area (Å²) in [6, 6.07) is 24.3. The molecule has 232 valence electrons. The maximum Gasteiger partial charge on any atom is 2.00 e. The van der Waals surface area contributed by atoms with Gasteiger partial charge in [0.25, 0.3) is 11.8 Å². The van der Waals surface area contributed by atoms with Crippen molar-refractivity contribution in [2.45, 2.75) is 0 Å². The largest absolute Gasteiger partial charge is 2.00 e. The first-order chi connectivity index (χ1) is 18.2. The Labute approximate surface area is 280 Å². The van der Waals surface area contributed by atoms with Gasteiger partial charge in [0, 0.05) is 22.5 Å². The van der Waals surface area contributed by atoms with Crippen LogP contribution in [0.5, 0.6) is 11.5 Å². The van der Waals surface area contributed by atoms with Gasteiger partial charge >= 0.3 is 49.7 Å². The molecule has 0 saturated heterocycles. The van der Waals surface area contributed by atoms with E-state index in [0.717, 1.165) is 12.1 Å². The number of hydrogen-bond acceptors (Lipinski definition) is 6. The maximum absolute atomic E-state index is 11.8. The number of hydrogen-bond donors (Lipinski definition) is 4. The molecule has 0 aliphatic heterocycles. The number of carboxylic acids is 2. The number of anilines is 2. The molecular formula is C28H30CaN2O13. The van der Waals surface area contributed by atoms with E-state index in [-0.39, 0.29) is 99.4 Å². The number of amides is 2. The molecule has 44 heavy (non-hydrogen) atoms. The standard InChI is InChI=1S/2C14H11NO4.Ca.5H2O/c2*16-12-8-10(6-7-11(12)14(18)19)15-13(17)9-4-2-1-3-5-9;;;;;;/h2*1-8,16H,(H,15,17)(H,18,19);;5*1H2/q;;+2;;;;;/p-2. The first kappa shape index (κ1) is 46.4. The Morgan fingerprint density at radius 2 is 0.795 bits per heavy atom. The number of aromatic carboxylic acids is 2. The van der Waals surface area contributed by atoms with Gasteiger partial charge in [0.05, 0.1) is 11.1 Å². The predicted octanol–water partition coefficient (Wildman–Crippen LogP) is -1.08. The van der Waals surface area contributed by atoms with E-state index < -0.39 is 23.4 Å². The van der Waals surface area contributed by atoms with Crippen molar-refractivity contribution in [3.05, 3.63) is 119 Å². The molecule has 0 fully saturated rings. The number of carbonyl (C=O) groups is 4. The first-order valence-corrected chi connectivity index (χ1v) is 11.0. The molecule has 0 saturated carbocycles. The Hall–Kier alpha value is -4.58. The Morgan fingerprint density at radius 1 is 0.500 bits per heavy atom. The van der Waals surface area contributed by atoms with Gasteiger partial charge in [-0.2, -0.15) is 0 Å². The van der Waals surface area contributed by atoms with E-state index in [9.17, 15) is 29.4 Å². The molecular weight excluding hydrogens is 612 g/mol. The third-order valence-electron chi connectivity index (χ3n) is 5.01. The average molecular weight is 643 g/mol. The number of carbonyl (C=O) groups excluding carboxylic acids is 2. The van der Waals surface area contributed by atoms with Gasteiger partial charge in [-0.1, -0.05) is 47.9 Å². The zero-order valence-electron chi connectivity index (χ0n) is 22.8. The second kappa shape index (κ2) is 22.0.